The molecule has 4 aromatic rings. The number of hydrogen-bond acceptors (Lipinski definition) is 5. The zero-order valence-electron chi connectivity index (χ0n) is 16.0. The molecular weight excluding hydrogens is 364 g/mol. The Bertz CT molecular complexity index is 1210. The first kappa shape index (κ1) is 17.1. The van der Waals surface area contributed by atoms with Crippen LogP contribution in [0.1, 0.15) is 24.4 Å². The molecule has 0 radical (unpaired) electrons. The zero-order chi connectivity index (χ0) is 19.3. The summed E-state index contributed by atoms with van der Waals surface area (Å²) in [6.07, 6.45) is 6.30. The summed E-state index contributed by atoms with van der Waals surface area (Å²) < 4.78 is 0. The van der Waals surface area contributed by atoms with Crippen molar-refractivity contribution >= 4 is 44.6 Å². The molecule has 138 valence electrons. The maximum atomic E-state index is 4.68. The molecule has 0 saturated carbocycles. The lowest BCUT2D eigenvalue weighted by Gasteiger charge is -2.23. The summed E-state index contributed by atoms with van der Waals surface area (Å²) in [5, 5.41) is 0.915. The molecule has 2 aromatic heterocycles. The topological polar surface area (TPSA) is 41.9 Å². The van der Waals surface area contributed by atoms with Crippen LogP contribution in [0.3, 0.4) is 0 Å². The van der Waals surface area contributed by atoms with Gasteiger partial charge < -0.3 is 4.90 Å². The normalized spacial score (nSPS) is 17.2. The highest BCUT2D eigenvalue weighted by atomic mass is 32.1. The minimum atomic E-state index is -0.0237. The van der Waals surface area contributed by atoms with Crippen LogP contribution in [-0.2, 0) is 5.41 Å². The first-order valence-electron chi connectivity index (χ1n) is 9.29. The van der Waals surface area contributed by atoms with Gasteiger partial charge in [-0.05, 0) is 35.9 Å². The van der Waals surface area contributed by atoms with E-state index in [-0.39, 0.29) is 5.41 Å². The lowest BCUT2D eigenvalue weighted by molar-refractivity contribution is 0.640. The summed E-state index contributed by atoms with van der Waals surface area (Å²) >= 11 is 1.57. The second-order valence-corrected chi connectivity index (χ2v) is 8.51. The number of hydrogen-bond donors (Lipinski definition) is 0. The lowest BCUT2D eigenvalue weighted by atomic mass is 9.84. The second-order valence-electron chi connectivity index (χ2n) is 7.51. The van der Waals surface area contributed by atoms with E-state index in [0.29, 0.717) is 5.65 Å². The summed E-state index contributed by atoms with van der Waals surface area (Å²) in [4.78, 5) is 17.1. The van der Waals surface area contributed by atoms with E-state index in [1.165, 1.54) is 16.9 Å². The molecule has 1 aliphatic heterocycles. The van der Waals surface area contributed by atoms with Crippen molar-refractivity contribution in [1.29, 1.82) is 0 Å². The summed E-state index contributed by atoms with van der Waals surface area (Å²) in [5.74, 6) is 0. The Balaban J connectivity index is 1.49. The van der Waals surface area contributed by atoms with Crippen LogP contribution in [0.5, 0.6) is 0 Å². The minimum absolute atomic E-state index is 0.0237. The molecular formula is C23H20N4S. The summed E-state index contributed by atoms with van der Waals surface area (Å²) in [6, 6.07) is 16.5. The van der Waals surface area contributed by atoms with Crippen molar-refractivity contribution in [3.8, 4) is 0 Å². The van der Waals surface area contributed by atoms with Gasteiger partial charge in [-0.15, -0.1) is 0 Å². The zero-order valence-corrected chi connectivity index (χ0v) is 16.9. The van der Waals surface area contributed by atoms with Crippen molar-refractivity contribution in [3.05, 3.63) is 77.0 Å². The number of rotatable bonds is 2. The van der Waals surface area contributed by atoms with E-state index in [9.17, 15) is 0 Å². The molecule has 2 aromatic carbocycles. The van der Waals surface area contributed by atoms with Crippen LogP contribution in [0.15, 0.2) is 66.4 Å². The highest BCUT2D eigenvalue weighted by Gasteiger charge is 2.37. The molecule has 0 fully saturated rings. The van der Waals surface area contributed by atoms with Crippen LogP contribution in [0.25, 0.3) is 27.6 Å². The molecule has 4 nitrogen and oxygen atoms in total. The number of thiazole rings is 1. The van der Waals surface area contributed by atoms with Crippen molar-refractivity contribution in [3.63, 3.8) is 0 Å². The van der Waals surface area contributed by atoms with Crippen molar-refractivity contribution in [1.82, 2.24) is 15.0 Å². The van der Waals surface area contributed by atoms with E-state index < -0.39 is 0 Å². The predicted molar refractivity (Wildman–Crippen MR) is 118 cm³/mol. The molecule has 3 heterocycles. The number of anilines is 1. The SMILES string of the molecule is CN1/C(=C/C=C/c2nc3nc4ccccc4nc3s2)C(C)(C)c2ccccc21. The van der Waals surface area contributed by atoms with Gasteiger partial charge in [0.25, 0.3) is 0 Å². The molecule has 0 N–H and O–H groups in total. The van der Waals surface area contributed by atoms with Gasteiger partial charge >= 0.3 is 0 Å². The number of likely N-dealkylation sites (N-methyl/N-ethyl adjacent to an activating group) is 1. The standard InChI is InChI=1S/C23H20N4S/c1-23(2)15-9-4-7-12-18(15)27(3)19(23)13-8-14-20-26-21-22(28-20)25-17-11-6-5-10-16(17)24-21/h4-14H,1-3H3/b14-8+,19-13+. The largest absolute Gasteiger partial charge is 0.347 e. The van der Waals surface area contributed by atoms with Gasteiger partial charge in [-0.25, -0.2) is 15.0 Å². The fourth-order valence-corrected chi connectivity index (χ4v) is 4.74. The van der Waals surface area contributed by atoms with Gasteiger partial charge in [-0.3, -0.25) is 0 Å². The summed E-state index contributed by atoms with van der Waals surface area (Å²) in [6.45, 7) is 4.54. The van der Waals surface area contributed by atoms with Gasteiger partial charge in [0, 0.05) is 23.8 Å². The Hall–Kier alpha value is -3.05. The van der Waals surface area contributed by atoms with Crippen molar-refractivity contribution in [2.24, 2.45) is 0 Å². The second kappa shape index (κ2) is 6.24. The third-order valence-corrected chi connectivity index (χ3v) is 6.28. The maximum absolute atomic E-state index is 4.68. The Morgan fingerprint density at radius 3 is 2.43 bits per heavy atom. The predicted octanol–water partition coefficient (Wildman–Crippen LogP) is 5.56. The van der Waals surface area contributed by atoms with Crippen LogP contribution in [0.2, 0.25) is 0 Å². The van der Waals surface area contributed by atoms with Crippen molar-refractivity contribution < 1.29 is 0 Å². The number of benzene rings is 2. The molecule has 0 saturated heterocycles. The highest BCUT2D eigenvalue weighted by Crippen LogP contribution is 2.46. The number of fused-ring (bicyclic) bond motifs is 3. The van der Waals surface area contributed by atoms with Gasteiger partial charge in [0.2, 0.25) is 0 Å². The third kappa shape index (κ3) is 2.62. The third-order valence-electron chi connectivity index (χ3n) is 5.37. The Morgan fingerprint density at radius 1 is 0.929 bits per heavy atom. The van der Waals surface area contributed by atoms with Crippen LogP contribution >= 0.6 is 11.3 Å². The molecule has 5 heteroatoms. The Kier molecular flexibility index (Phi) is 3.81. The number of allylic oxidation sites excluding steroid dienone is 3. The van der Waals surface area contributed by atoms with Crippen LogP contribution < -0.4 is 4.90 Å². The number of para-hydroxylation sites is 3. The van der Waals surface area contributed by atoms with E-state index in [0.717, 1.165) is 20.9 Å². The molecule has 0 bridgehead atoms. The van der Waals surface area contributed by atoms with Gasteiger partial charge in [-0.2, -0.15) is 0 Å². The minimum Gasteiger partial charge on any atom is -0.347 e. The average molecular weight is 385 g/mol. The quantitative estimate of drug-likeness (QED) is 0.453. The summed E-state index contributed by atoms with van der Waals surface area (Å²) in [7, 11) is 2.13. The highest BCUT2D eigenvalue weighted by molar-refractivity contribution is 7.18. The van der Waals surface area contributed by atoms with E-state index in [1.807, 2.05) is 30.3 Å². The molecule has 0 unspecified atom stereocenters. The van der Waals surface area contributed by atoms with Gasteiger partial charge in [-0.1, -0.05) is 61.6 Å². The van der Waals surface area contributed by atoms with Crippen molar-refractivity contribution in [2.75, 3.05) is 11.9 Å². The average Bonchev–Trinajstić information content (AvgIpc) is 3.17. The van der Waals surface area contributed by atoms with E-state index in [4.69, 9.17) is 0 Å². The molecule has 5 rings (SSSR count). The monoisotopic (exact) mass is 384 g/mol. The van der Waals surface area contributed by atoms with Crippen LogP contribution in [0.4, 0.5) is 5.69 Å². The van der Waals surface area contributed by atoms with Crippen LogP contribution in [0, 0.1) is 0 Å². The first-order valence-corrected chi connectivity index (χ1v) is 10.1. The van der Waals surface area contributed by atoms with Gasteiger partial charge in [0.1, 0.15) is 5.01 Å². The summed E-state index contributed by atoms with van der Waals surface area (Å²) in [5.41, 5.74) is 6.37. The van der Waals surface area contributed by atoms with Gasteiger partial charge in [0.15, 0.2) is 10.5 Å². The molecule has 28 heavy (non-hydrogen) atoms. The lowest BCUT2D eigenvalue weighted by Crippen LogP contribution is -2.22. The van der Waals surface area contributed by atoms with E-state index in [1.54, 1.807) is 11.3 Å². The number of nitrogens with zero attached hydrogens (tertiary/aromatic N) is 4. The van der Waals surface area contributed by atoms with E-state index in [2.05, 4.69) is 77.2 Å². The number of aromatic nitrogens is 3. The molecule has 0 amide bonds. The fourth-order valence-electron chi connectivity index (χ4n) is 3.94. The van der Waals surface area contributed by atoms with Crippen LogP contribution in [-0.4, -0.2) is 22.0 Å². The smallest absolute Gasteiger partial charge is 0.190 e. The molecule has 0 aliphatic carbocycles. The fraction of sp³-hybridized carbons (Fsp3) is 0.174. The van der Waals surface area contributed by atoms with Crippen molar-refractivity contribution in [2.45, 2.75) is 19.3 Å². The maximum Gasteiger partial charge on any atom is 0.190 e. The Labute approximate surface area is 167 Å². The van der Waals surface area contributed by atoms with E-state index >= 15 is 0 Å². The Morgan fingerprint density at radius 2 is 1.64 bits per heavy atom. The van der Waals surface area contributed by atoms with Gasteiger partial charge in [0.05, 0.1) is 11.0 Å². The first-order chi connectivity index (χ1) is 13.5. The molecule has 0 atom stereocenters. The molecule has 1 aliphatic rings. The molecule has 0 spiro atoms.